The van der Waals surface area contributed by atoms with Gasteiger partial charge in [-0.1, -0.05) is 0 Å². The molecule has 2 N–H and O–H groups in total. The van der Waals surface area contributed by atoms with Crippen molar-refractivity contribution in [1.82, 2.24) is 4.98 Å². The van der Waals surface area contributed by atoms with Crippen LogP contribution in [-0.2, 0) is 10.0 Å². The number of halogens is 2. The summed E-state index contributed by atoms with van der Waals surface area (Å²) in [7, 11) is -4.09. The Morgan fingerprint density at radius 3 is 2.65 bits per heavy atom. The summed E-state index contributed by atoms with van der Waals surface area (Å²) in [4.78, 5) is 13.6. The molecular formula is C10H6BrFN2O5S. The van der Waals surface area contributed by atoms with Crippen molar-refractivity contribution < 1.29 is 27.1 Å². The number of hydrogen-bond donors (Lipinski definition) is 2. The zero-order valence-corrected chi connectivity index (χ0v) is 11.9. The third kappa shape index (κ3) is 2.96. The van der Waals surface area contributed by atoms with Crippen LogP contribution in [0.25, 0.3) is 0 Å². The topological polar surface area (TPSA) is 110 Å². The fraction of sp³-hybridized carbons (Fsp3) is 0. The number of pyridine rings is 1. The van der Waals surface area contributed by atoms with Gasteiger partial charge in [-0.3, -0.25) is 4.72 Å². The number of aromatic carboxylic acids is 1. The quantitative estimate of drug-likeness (QED) is 0.803. The van der Waals surface area contributed by atoms with Gasteiger partial charge in [-0.15, -0.1) is 0 Å². The lowest BCUT2D eigenvalue weighted by atomic mass is 10.4. The molecule has 2 aromatic heterocycles. The number of nitrogens with one attached hydrogen (secondary N) is 1. The highest BCUT2D eigenvalue weighted by atomic mass is 79.9. The van der Waals surface area contributed by atoms with Gasteiger partial charge < -0.3 is 9.52 Å². The lowest BCUT2D eigenvalue weighted by molar-refractivity contribution is 0.0661. The van der Waals surface area contributed by atoms with Crippen LogP contribution in [-0.4, -0.2) is 24.5 Å². The third-order valence-corrected chi connectivity index (χ3v) is 4.37. The Kier molecular flexibility index (Phi) is 3.77. The minimum absolute atomic E-state index is 0.0244. The largest absolute Gasteiger partial charge is 0.475 e. The Hall–Kier alpha value is -1.94. The van der Waals surface area contributed by atoms with Gasteiger partial charge in [0, 0.05) is 6.07 Å². The molecule has 20 heavy (non-hydrogen) atoms. The number of furan rings is 1. The predicted octanol–water partition coefficient (Wildman–Crippen LogP) is 2.08. The first-order valence-electron chi connectivity index (χ1n) is 4.96. The Labute approximate surface area is 120 Å². The SMILES string of the molecule is O=C(O)c1cc(S(=O)(=O)Nc2ccc(F)nc2)c(Br)o1. The van der Waals surface area contributed by atoms with Crippen LogP contribution in [0.4, 0.5) is 10.1 Å². The first-order chi connectivity index (χ1) is 9.29. The van der Waals surface area contributed by atoms with Crippen molar-refractivity contribution in [3.05, 3.63) is 40.8 Å². The van der Waals surface area contributed by atoms with Gasteiger partial charge in [0.1, 0.15) is 4.90 Å². The summed E-state index contributed by atoms with van der Waals surface area (Å²) in [5.41, 5.74) is 0.0244. The summed E-state index contributed by atoms with van der Waals surface area (Å²) in [6, 6.07) is 3.00. The molecule has 0 fully saturated rings. The first-order valence-corrected chi connectivity index (χ1v) is 7.24. The number of carboxylic acid groups (broad SMARTS) is 1. The second kappa shape index (κ2) is 5.21. The summed E-state index contributed by atoms with van der Waals surface area (Å²) in [6.45, 7) is 0. The zero-order valence-electron chi connectivity index (χ0n) is 9.50. The average molecular weight is 365 g/mol. The van der Waals surface area contributed by atoms with Crippen molar-refractivity contribution in [2.45, 2.75) is 4.90 Å². The molecule has 0 bridgehead atoms. The monoisotopic (exact) mass is 364 g/mol. The highest BCUT2D eigenvalue weighted by Gasteiger charge is 2.25. The van der Waals surface area contributed by atoms with Crippen LogP contribution in [0.15, 0.2) is 38.4 Å². The molecule has 0 aliphatic heterocycles. The Balaban J connectivity index is 2.35. The summed E-state index contributed by atoms with van der Waals surface area (Å²) in [5.74, 6) is -2.70. The molecule has 2 rings (SSSR count). The number of aromatic nitrogens is 1. The zero-order chi connectivity index (χ0) is 14.9. The van der Waals surface area contributed by atoms with E-state index in [1.807, 2.05) is 0 Å². The molecule has 106 valence electrons. The normalized spacial score (nSPS) is 11.3. The molecule has 0 amide bonds. The van der Waals surface area contributed by atoms with E-state index >= 15 is 0 Å². The fourth-order valence-electron chi connectivity index (χ4n) is 1.29. The highest BCUT2D eigenvalue weighted by Crippen LogP contribution is 2.27. The molecule has 0 aromatic carbocycles. The second-order valence-corrected chi connectivity index (χ2v) is 5.90. The van der Waals surface area contributed by atoms with Gasteiger partial charge >= 0.3 is 5.97 Å². The number of sulfonamides is 1. The van der Waals surface area contributed by atoms with E-state index in [0.717, 1.165) is 18.3 Å². The first kappa shape index (κ1) is 14.5. The number of anilines is 1. The van der Waals surface area contributed by atoms with Crippen molar-refractivity contribution >= 4 is 37.6 Å². The minimum atomic E-state index is -4.09. The van der Waals surface area contributed by atoms with Crippen molar-refractivity contribution in [3.8, 4) is 0 Å². The smallest absolute Gasteiger partial charge is 0.371 e. The van der Waals surface area contributed by atoms with E-state index in [0.29, 0.717) is 0 Å². The highest BCUT2D eigenvalue weighted by molar-refractivity contribution is 9.10. The van der Waals surface area contributed by atoms with E-state index in [4.69, 9.17) is 9.52 Å². The van der Waals surface area contributed by atoms with Crippen molar-refractivity contribution in [2.24, 2.45) is 0 Å². The number of hydrogen-bond acceptors (Lipinski definition) is 5. The van der Waals surface area contributed by atoms with Crippen molar-refractivity contribution in [3.63, 3.8) is 0 Å². The number of nitrogens with zero attached hydrogens (tertiary/aromatic N) is 1. The molecule has 0 radical (unpaired) electrons. The minimum Gasteiger partial charge on any atom is -0.475 e. The molecule has 10 heteroatoms. The van der Waals surface area contributed by atoms with Crippen LogP contribution in [0.2, 0.25) is 0 Å². The molecule has 2 heterocycles. The van der Waals surface area contributed by atoms with E-state index in [9.17, 15) is 17.6 Å². The van der Waals surface area contributed by atoms with E-state index in [1.54, 1.807) is 0 Å². The van der Waals surface area contributed by atoms with Gasteiger partial charge in [0.15, 0.2) is 4.67 Å². The number of carboxylic acids is 1. The Bertz CT molecular complexity index is 756. The maximum Gasteiger partial charge on any atom is 0.371 e. The van der Waals surface area contributed by atoms with Crippen LogP contribution < -0.4 is 4.72 Å². The lowest BCUT2D eigenvalue weighted by Gasteiger charge is -2.05. The van der Waals surface area contributed by atoms with Crippen LogP contribution in [0.3, 0.4) is 0 Å². The molecule has 0 atom stereocenters. The van der Waals surface area contributed by atoms with Gasteiger partial charge in [0.2, 0.25) is 11.7 Å². The van der Waals surface area contributed by atoms with E-state index in [2.05, 4.69) is 25.6 Å². The maximum atomic E-state index is 12.6. The summed E-state index contributed by atoms with van der Waals surface area (Å²) >= 11 is 2.82. The number of rotatable bonds is 4. The average Bonchev–Trinajstić information content (AvgIpc) is 2.75. The van der Waals surface area contributed by atoms with E-state index < -0.39 is 27.7 Å². The van der Waals surface area contributed by atoms with Gasteiger partial charge in [0.05, 0.1) is 11.9 Å². The van der Waals surface area contributed by atoms with Crippen LogP contribution in [0, 0.1) is 5.95 Å². The van der Waals surface area contributed by atoms with Gasteiger partial charge in [-0.05, 0) is 28.1 Å². The van der Waals surface area contributed by atoms with Crippen molar-refractivity contribution in [2.75, 3.05) is 4.72 Å². The Morgan fingerprint density at radius 2 is 2.15 bits per heavy atom. The predicted molar refractivity (Wildman–Crippen MR) is 68.4 cm³/mol. The number of carbonyl (C=O) groups is 1. The van der Waals surface area contributed by atoms with Crippen LogP contribution in [0.5, 0.6) is 0 Å². The molecule has 0 unspecified atom stereocenters. The molecule has 0 saturated carbocycles. The second-order valence-electron chi connectivity index (χ2n) is 3.53. The molecule has 2 aromatic rings. The van der Waals surface area contributed by atoms with Gasteiger partial charge in [0.25, 0.3) is 10.0 Å². The summed E-state index contributed by atoms with van der Waals surface area (Å²) in [6.07, 6.45) is 0.985. The molecule has 7 nitrogen and oxygen atoms in total. The van der Waals surface area contributed by atoms with Crippen LogP contribution in [0.1, 0.15) is 10.6 Å². The van der Waals surface area contributed by atoms with Gasteiger partial charge in [-0.2, -0.15) is 4.39 Å². The van der Waals surface area contributed by atoms with Gasteiger partial charge in [-0.25, -0.2) is 18.2 Å². The molecular weight excluding hydrogens is 359 g/mol. The van der Waals surface area contributed by atoms with Crippen LogP contribution >= 0.6 is 15.9 Å². The summed E-state index contributed by atoms with van der Waals surface area (Å²) in [5, 5.41) is 8.73. The summed E-state index contributed by atoms with van der Waals surface area (Å²) < 4.78 is 43.3. The fourth-order valence-corrected chi connectivity index (χ4v) is 3.27. The Morgan fingerprint density at radius 1 is 1.45 bits per heavy atom. The lowest BCUT2D eigenvalue weighted by Crippen LogP contribution is -2.13. The molecule has 0 spiro atoms. The van der Waals surface area contributed by atoms with E-state index in [1.165, 1.54) is 6.07 Å². The maximum absolute atomic E-state index is 12.6. The standard InChI is InChI=1S/C10H6BrFN2O5S/c11-9-7(3-6(19-9)10(15)16)20(17,18)14-5-1-2-8(12)13-4-5/h1-4,14H,(H,15,16). The van der Waals surface area contributed by atoms with Crippen molar-refractivity contribution in [1.29, 1.82) is 0 Å². The third-order valence-electron chi connectivity index (χ3n) is 2.14. The molecule has 0 aliphatic carbocycles. The molecule has 0 aliphatic rings. The molecule has 0 saturated heterocycles. The van der Waals surface area contributed by atoms with E-state index in [-0.39, 0.29) is 15.3 Å².